The van der Waals surface area contributed by atoms with Crippen molar-refractivity contribution in [2.24, 2.45) is 5.92 Å². The third-order valence-corrected chi connectivity index (χ3v) is 8.58. The lowest BCUT2D eigenvalue weighted by molar-refractivity contribution is -0.136. The van der Waals surface area contributed by atoms with Crippen molar-refractivity contribution in [2.45, 2.75) is 37.6 Å². The number of hydrogen-bond acceptors (Lipinski definition) is 4. The molecule has 0 spiro atoms. The van der Waals surface area contributed by atoms with Crippen LogP contribution < -0.4 is 9.47 Å². The minimum absolute atomic E-state index is 0.00310. The van der Waals surface area contributed by atoms with E-state index >= 15 is 0 Å². The molecule has 0 aromatic heterocycles. The third kappa shape index (κ3) is 4.22. The Morgan fingerprint density at radius 3 is 2.29 bits per heavy atom. The molecule has 6 heteroatoms. The van der Waals surface area contributed by atoms with E-state index in [0.717, 1.165) is 49.0 Å². The maximum absolute atomic E-state index is 14.4. The van der Waals surface area contributed by atoms with Gasteiger partial charge in [0.1, 0.15) is 0 Å². The number of fused-ring (bicyclic) bond motifs is 4. The van der Waals surface area contributed by atoms with E-state index in [-0.39, 0.29) is 17.9 Å². The van der Waals surface area contributed by atoms with Gasteiger partial charge in [0.15, 0.2) is 11.5 Å². The van der Waals surface area contributed by atoms with E-state index in [0.29, 0.717) is 35.9 Å². The van der Waals surface area contributed by atoms with E-state index < -0.39 is 5.92 Å². The van der Waals surface area contributed by atoms with Crippen LogP contribution in [0.4, 0.5) is 0 Å². The van der Waals surface area contributed by atoms with Gasteiger partial charge in [0.25, 0.3) is 5.91 Å². The Labute approximate surface area is 224 Å². The van der Waals surface area contributed by atoms with Crippen molar-refractivity contribution >= 4 is 11.8 Å². The number of piperidine rings is 1. The monoisotopic (exact) mass is 510 g/mol. The van der Waals surface area contributed by atoms with Crippen LogP contribution in [0.3, 0.4) is 0 Å². The lowest BCUT2D eigenvalue weighted by Gasteiger charge is -2.47. The van der Waals surface area contributed by atoms with E-state index in [2.05, 4.69) is 30.3 Å². The van der Waals surface area contributed by atoms with Gasteiger partial charge in [-0.2, -0.15) is 0 Å². The highest BCUT2D eigenvalue weighted by atomic mass is 16.5. The van der Waals surface area contributed by atoms with Crippen LogP contribution in [0.15, 0.2) is 66.7 Å². The van der Waals surface area contributed by atoms with Crippen molar-refractivity contribution in [1.29, 1.82) is 0 Å². The molecule has 38 heavy (non-hydrogen) atoms. The largest absolute Gasteiger partial charge is 0.493 e. The summed E-state index contributed by atoms with van der Waals surface area (Å²) in [5.74, 6) is 1.52. The first kappa shape index (κ1) is 24.5. The number of amides is 2. The normalized spacial score (nSPS) is 20.8. The molecular weight excluding hydrogens is 476 g/mol. The second-order valence-corrected chi connectivity index (χ2v) is 10.6. The molecule has 3 aliphatic rings. The molecule has 0 N–H and O–H groups in total. The molecule has 0 saturated carbocycles. The summed E-state index contributed by atoms with van der Waals surface area (Å²) in [4.78, 5) is 31.9. The number of likely N-dealkylation sites (tertiary alicyclic amines) is 1. The van der Waals surface area contributed by atoms with E-state index in [4.69, 9.17) is 9.47 Å². The molecular formula is C32H34N2O4. The van der Waals surface area contributed by atoms with Crippen molar-refractivity contribution in [2.75, 3.05) is 33.9 Å². The zero-order valence-corrected chi connectivity index (χ0v) is 22.1. The summed E-state index contributed by atoms with van der Waals surface area (Å²) in [5.41, 5.74) is 4.92. The Morgan fingerprint density at radius 1 is 0.868 bits per heavy atom. The van der Waals surface area contributed by atoms with Crippen LogP contribution in [0.1, 0.15) is 57.4 Å². The fourth-order valence-corrected chi connectivity index (χ4v) is 6.62. The van der Waals surface area contributed by atoms with Crippen LogP contribution >= 0.6 is 0 Å². The summed E-state index contributed by atoms with van der Waals surface area (Å²) < 4.78 is 11.2. The molecule has 2 amide bonds. The maximum Gasteiger partial charge on any atom is 0.254 e. The molecule has 0 unspecified atom stereocenters. The zero-order valence-electron chi connectivity index (χ0n) is 22.1. The van der Waals surface area contributed by atoms with E-state index in [1.165, 1.54) is 5.56 Å². The molecule has 0 bridgehead atoms. The van der Waals surface area contributed by atoms with Gasteiger partial charge in [-0.05, 0) is 72.1 Å². The van der Waals surface area contributed by atoms with Gasteiger partial charge in [-0.1, -0.05) is 48.5 Å². The van der Waals surface area contributed by atoms with Gasteiger partial charge in [0, 0.05) is 25.2 Å². The molecule has 3 heterocycles. The summed E-state index contributed by atoms with van der Waals surface area (Å²) in [6, 6.07) is 21.9. The van der Waals surface area contributed by atoms with Crippen LogP contribution in [-0.4, -0.2) is 55.5 Å². The van der Waals surface area contributed by atoms with E-state index in [9.17, 15) is 9.59 Å². The molecule has 3 aliphatic heterocycles. The predicted octanol–water partition coefficient (Wildman–Crippen LogP) is 5.02. The number of carbonyl (C=O) groups is 2. The van der Waals surface area contributed by atoms with Crippen LogP contribution in [0.25, 0.3) is 0 Å². The topological polar surface area (TPSA) is 59.1 Å². The maximum atomic E-state index is 14.4. The second kappa shape index (κ2) is 10.2. The smallest absolute Gasteiger partial charge is 0.254 e. The van der Waals surface area contributed by atoms with Gasteiger partial charge in [-0.15, -0.1) is 0 Å². The number of rotatable bonds is 5. The molecule has 3 aromatic carbocycles. The molecule has 1 fully saturated rings. The summed E-state index contributed by atoms with van der Waals surface area (Å²) in [5, 5.41) is 0. The number of nitrogens with zero attached hydrogens (tertiary/aromatic N) is 2. The first-order valence-electron chi connectivity index (χ1n) is 13.6. The predicted molar refractivity (Wildman–Crippen MR) is 146 cm³/mol. The Hall–Kier alpha value is -3.80. The molecule has 3 aromatic rings. The highest BCUT2D eigenvalue weighted by molar-refractivity contribution is 6.01. The van der Waals surface area contributed by atoms with Crippen molar-refractivity contribution in [3.8, 4) is 11.5 Å². The SMILES string of the molecule is COc1cc2c(cc1OC)[C@@H]1[C@H](C(=O)N3CCC(Cc4ccccc4)CC3)c3ccccc3C(=O)N1CC2. The van der Waals surface area contributed by atoms with Crippen LogP contribution in [0, 0.1) is 5.92 Å². The average molecular weight is 511 g/mol. The van der Waals surface area contributed by atoms with Crippen LogP contribution in [0.2, 0.25) is 0 Å². The van der Waals surface area contributed by atoms with Gasteiger partial charge >= 0.3 is 0 Å². The summed E-state index contributed by atoms with van der Waals surface area (Å²) in [6.45, 7) is 2.06. The average Bonchev–Trinajstić information content (AvgIpc) is 2.97. The van der Waals surface area contributed by atoms with Gasteiger partial charge < -0.3 is 19.3 Å². The van der Waals surface area contributed by atoms with Gasteiger partial charge in [-0.3, -0.25) is 9.59 Å². The quantitative estimate of drug-likeness (QED) is 0.484. The summed E-state index contributed by atoms with van der Waals surface area (Å²) >= 11 is 0. The number of ether oxygens (including phenoxy) is 2. The van der Waals surface area contributed by atoms with E-state index in [1.807, 2.05) is 46.2 Å². The fourth-order valence-electron chi connectivity index (χ4n) is 6.62. The van der Waals surface area contributed by atoms with Gasteiger partial charge in [-0.25, -0.2) is 0 Å². The highest BCUT2D eigenvalue weighted by Gasteiger charge is 2.48. The Kier molecular flexibility index (Phi) is 6.56. The molecule has 6 nitrogen and oxygen atoms in total. The number of hydrogen-bond donors (Lipinski definition) is 0. The summed E-state index contributed by atoms with van der Waals surface area (Å²) in [7, 11) is 3.25. The second-order valence-electron chi connectivity index (χ2n) is 10.6. The van der Waals surface area contributed by atoms with Gasteiger partial charge in [0.05, 0.1) is 26.2 Å². The lowest BCUT2D eigenvalue weighted by atomic mass is 9.75. The molecule has 2 atom stereocenters. The number of carbonyl (C=O) groups excluding carboxylic acids is 2. The molecule has 1 saturated heterocycles. The van der Waals surface area contributed by atoms with Crippen molar-refractivity contribution < 1.29 is 19.1 Å². The number of benzene rings is 3. The van der Waals surface area contributed by atoms with Crippen LogP contribution in [-0.2, 0) is 17.6 Å². The molecule has 196 valence electrons. The standard InChI is InChI=1S/C32H34N2O4/c1-37-27-19-23-14-17-34-30(26(23)20-28(27)38-2)29(24-10-6-7-11-25(24)31(34)35)32(36)33-15-12-22(13-16-33)18-21-8-4-3-5-9-21/h3-11,19-20,22,29-30H,12-18H2,1-2H3/t29-,30-/m1/s1. The minimum Gasteiger partial charge on any atom is -0.493 e. The van der Waals surface area contributed by atoms with Crippen molar-refractivity contribution in [3.63, 3.8) is 0 Å². The number of methoxy groups -OCH3 is 2. The minimum atomic E-state index is -0.452. The molecule has 0 radical (unpaired) electrons. The van der Waals surface area contributed by atoms with Gasteiger partial charge in [0.2, 0.25) is 5.91 Å². The molecule has 0 aliphatic carbocycles. The Bertz CT molecular complexity index is 1350. The summed E-state index contributed by atoms with van der Waals surface area (Å²) in [6.07, 6.45) is 3.74. The first-order chi connectivity index (χ1) is 18.6. The molecule has 6 rings (SSSR count). The highest BCUT2D eigenvalue weighted by Crippen LogP contribution is 2.49. The third-order valence-electron chi connectivity index (χ3n) is 8.58. The van der Waals surface area contributed by atoms with E-state index in [1.54, 1.807) is 14.2 Å². The first-order valence-corrected chi connectivity index (χ1v) is 13.6. The Morgan fingerprint density at radius 2 is 1.55 bits per heavy atom. The van der Waals surface area contributed by atoms with Crippen molar-refractivity contribution in [1.82, 2.24) is 9.80 Å². The van der Waals surface area contributed by atoms with Crippen LogP contribution in [0.5, 0.6) is 11.5 Å². The fraction of sp³-hybridized carbons (Fsp3) is 0.375. The van der Waals surface area contributed by atoms with Crippen molar-refractivity contribution in [3.05, 3.63) is 94.5 Å². The zero-order chi connectivity index (χ0) is 26.2. The Balaban J connectivity index is 1.33. The lowest BCUT2D eigenvalue weighted by Crippen LogP contribution is -2.51.